The number of rotatable bonds is 4. The molecule has 20 heavy (non-hydrogen) atoms. The van der Waals surface area contributed by atoms with Crippen LogP contribution >= 0.6 is 11.6 Å². The second-order valence-electron chi connectivity index (χ2n) is 4.80. The van der Waals surface area contributed by atoms with Crippen molar-refractivity contribution in [1.29, 1.82) is 0 Å². The van der Waals surface area contributed by atoms with Crippen LogP contribution < -0.4 is 4.90 Å². The molecular formula is C13H18ClN3O3. The Morgan fingerprint density at radius 1 is 1.30 bits per heavy atom. The second-order valence-corrected chi connectivity index (χ2v) is 5.23. The van der Waals surface area contributed by atoms with E-state index in [9.17, 15) is 10.1 Å². The van der Waals surface area contributed by atoms with Gasteiger partial charge in [-0.15, -0.1) is 0 Å². The summed E-state index contributed by atoms with van der Waals surface area (Å²) in [5.41, 5.74) is 0.665. The molecule has 110 valence electrons. The third kappa shape index (κ3) is 3.59. The summed E-state index contributed by atoms with van der Waals surface area (Å²) in [5.74, 6) is 0. The van der Waals surface area contributed by atoms with Crippen LogP contribution in [-0.4, -0.2) is 54.3 Å². The number of nitro groups is 1. The zero-order valence-corrected chi connectivity index (χ0v) is 11.9. The van der Waals surface area contributed by atoms with Crippen molar-refractivity contribution in [3.8, 4) is 0 Å². The Labute approximate surface area is 122 Å². The van der Waals surface area contributed by atoms with Crippen LogP contribution in [0.3, 0.4) is 0 Å². The van der Waals surface area contributed by atoms with E-state index in [2.05, 4.69) is 4.90 Å². The quantitative estimate of drug-likeness (QED) is 0.677. The minimum Gasteiger partial charge on any atom is -0.395 e. The van der Waals surface area contributed by atoms with Crippen molar-refractivity contribution in [2.45, 2.75) is 6.42 Å². The van der Waals surface area contributed by atoms with E-state index in [0.717, 1.165) is 26.1 Å². The maximum absolute atomic E-state index is 11.1. The number of aliphatic hydroxyl groups is 1. The number of benzene rings is 1. The smallest absolute Gasteiger partial charge is 0.294 e. The zero-order valence-electron chi connectivity index (χ0n) is 11.2. The van der Waals surface area contributed by atoms with E-state index in [1.807, 2.05) is 4.90 Å². The Morgan fingerprint density at radius 2 is 2.10 bits per heavy atom. The van der Waals surface area contributed by atoms with E-state index in [-0.39, 0.29) is 12.3 Å². The summed E-state index contributed by atoms with van der Waals surface area (Å²) >= 11 is 5.84. The third-order valence-corrected chi connectivity index (χ3v) is 3.71. The molecule has 1 saturated heterocycles. The normalized spacial score (nSPS) is 17.0. The first kappa shape index (κ1) is 15.0. The van der Waals surface area contributed by atoms with Gasteiger partial charge in [0.15, 0.2) is 0 Å². The monoisotopic (exact) mass is 299 g/mol. The van der Waals surface area contributed by atoms with Gasteiger partial charge in [0.2, 0.25) is 0 Å². The van der Waals surface area contributed by atoms with Crippen LogP contribution in [0, 0.1) is 10.1 Å². The number of aliphatic hydroxyl groups excluding tert-OH is 1. The molecular weight excluding hydrogens is 282 g/mol. The highest BCUT2D eigenvalue weighted by molar-refractivity contribution is 6.30. The number of hydrogen-bond donors (Lipinski definition) is 1. The topological polar surface area (TPSA) is 69.9 Å². The lowest BCUT2D eigenvalue weighted by Crippen LogP contribution is -2.32. The first-order valence-corrected chi connectivity index (χ1v) is 7.01. The summed E-state index contributed by atoms with van der Waals surface area (Å²) in [6, 6.07) is 4.79. The van der Waals surface area contributed by atoms with E-state index < -0.39 is 4.92 Å². The van der Waals surface area contributed by atoms with Gasteiger partial charge in [-0.3, -0.25) is 15.0 Å². The zero-order chi connectivity index (χ0) is 14.5. The standard InChI is InChI=1S/C13H18ClN3O3/c14-11-2-3-12(13(10-11)17(19)20)16-5-1-4-15(6-7-16)8-9-18/h2-3,10,18H,1,4-9H2. The molecule has 0 amide bonds. The molecule has 1 N–H and O–H groups in total. The van der Waals surface area contributed by atoms with Gasteiger partial charge in [0.05, 0.1) is 11.5 Å². The Hall–Kier alpha value is -1.37. The number of nitrogens with zero attached hydrogens (tertiary/aromatic N) is 3. The molecule has 1 fully saturated rings. The van der Waals surface area contributed by atoms with Crippen molar-refractivity contribution in [3.05, 3.63) is 33.3 Å². The van der Waals surface area contributed by atoms with E-state index >= 15 is 0 Å². The van der Waals surface area contributed by atoms with Crippen molar-refractivity contribution in [2.75, 3.05) is 44.2 Å². The van der Waals surface area contributed by atoms with Gasteiger partial charge in [0.25, 0.3) is 5.69 Å². The minimum absolute atomic E-state index is 0.0492. The maximum Gasteiger partial charge on any atom is 0.294 e. The van der Waals surface area contributed by atoms with Gasteiger partial charge in [0, 0.05) is 37.3 Å². The summed E-state index contributed by atoms with van der Waals surface area (Å²) in [7, 11) is 0. The van der Waals surface area contributed by atoms with Gasteiger partial charge >= 0.3 is 0 Å². The molecule has 7 heteroatoms. The van der Waals surface area contributed by atoms with Gasteiger partial charge in [-0.25, -0.2) is 0 Å². The number of nitro benzene ring substituents is 1. The summed E-state index contributed by atoms with van der Waals surface area (Å²) in [5, 5.41) is 20.5. The van der Waals surface area contributed by atoms with Crippen LogP contribution in [0.2, 0.25) is 5.02 Å². The highest BCUT2D eigenvalue weighted by Gasteiger charge is 2.22. The van der Waals surface area contributed by atoms with Crippen LogP contribution in [0.25, 0.3) is 0 Å². The molecule has 0 radical (unpaired) electrons. The van der Waals surface area contributed by atoms with Crippen LogP contribution in [0.4, 0.5) is 11.4 Å². The Bertz CT molecular complexity index is 484. The average Bonchev–Trinajstić information content (AvgIpc) is 2.65. The highest BCUT2D eigenvalue weighted by Crippen LogP contribution is 2.31. The lowest BCUT2D eigenvalue weighted by Gasteiger charge is -2.23. The van der Waals surface area contributed by atoms with Crippen LogP contribution in [0.5, 0.6) is 0 Å². The summed E-state index contributed by atoms with van der Waals surface area (Å²) in [6.07, 6.45) is 0.916. The summed E-state index contributed by atoms with van der Waals surface area (Å²) in [6.45, 7) is 3.96. The summed E-state index contributed by atoms with van der Waals surface area (Å²) < 4.78 is 0. The first-order chi connectivity index (χ1) is 9.61. The fraction of sp³-hybridized carbons (Fsp3) is 0.538. The SMILES string of the molecule is O=[N+]([O-])c1cc(Cl)ccc1N1CCCN(CCO)CC1. The van der Waals surface area contributed by atoms with Gasteiger partial charge in [0.1, 0.15) is 5.69 Å². The molecule has 2 rings (SSSR count). The van der Waals surface area contributed by atoms with E-state index in [4.69, 9.17) is 16.7 Å². The van der Waals surface area contributed by atoms with Gasteiger partial charge in [-0.2, -0.15) is 0 Å². The maximum atomic E-state index is 11.1. The molecule has 1 aromatic carbocycles. The third-order valence-electron chi connectivity index (χ3n) is 3.48. The van der Waals surface area contributed by atoms with Crippen molar-refractivity contribution in [3.63, 3.8) is 0 Å². The molecule has 1 aliphatic heterocycles. The largest absolute Gasteiger partial charge is 0.395 e. The van der Waals surface area contributed by atoms with E-state index in [1.165, 1.54) is 6.07 Å². The van der Waals surface area contributed by atoms with Crippen molar-refractivity contribution < 1.29 is 10.0 Å². The fourth-order valence-electron chi connectivity index (χ4n) is 2.49. The molecule has 0 aliphatic carbocycles. The van der Waals surface area contributed by atoms with E-state index in [1.54, 1.807) is 12.1 Å². The van der Waals surface area contributed by atoms with Gasteiger partial charge in [-0.05, 0) is 25.1 Å². The number of hydrogen-bond acceptors (Lipinski definition) is 5. The molecule has 1 aliphatic rings. The molecule has 0 saturated carbocycles. The average molecular weight is 300 g/mol. The number of β-amino-alcohol motifs (C(OH)–C–C–N with tert-alkyl or cyclic N) is 1. The molecule has 6 nitrogen and oxygen atoms in total. The van der Waals surface area contributed by atoms with E-state index in [0.29, 0.717) is 23.8 Å². The highest BCUT2D eigenvalue weighted by atomic mass is 35.5. The first-order valence-electron chi connectivity index (χ1n) is 6.64. The Morgan fingerprint density at radius 3 is 2.80 bits per heavy atom. The van der Waals surface area contributed by atoms with Gasteiger partial charge < -0.3 is 10.0 Å². The van der Waals surface area contributed by atoms with Crippen LogP contribution in [-0.2, 0) is 0 Å². The molecule has 1 heterocycles. The van der Waals surface area contributed by atoms with Crippen LogP contribution in [0.15, 0.2) is 18.2 Å². The van der Waals surface area contributed by atoms with Crippen molar-refractivity contribution >= 4 is 23.0 Å². The fourth-order valence-corrected chi connectivity index (χ4v) is 2.65. The Kier molecular flexibility index (Phi) is 5.17. The second kappa shape index (κ2) is 6.88. The lowest BCUT2D eigenvalue weighted by atomic mass is 10.2. The van der Waals surface area contributed by atoms with Crippen molar-refractivity contribution in [2.24, 2.45) is 0 Å². The number of halogens is 1. The lowest BCUT2D eigenvalue weighted by molar-refractivity contribution is -0.384. The molecule has 0 unspecified atom stereocenters. The van der Waals surface area contributed by atoms with Crippen LogP contribution in [0.1, 0.15) is 6.42 Å². The van der Waals surface area contributed by atoms with Gasteiger partial charge in [-0.1, -0.05) is 11.6 Å². The predicted octanol–water partition coefficient (Wildman–Crippen LogP) is 1.75. The molecule has 1 aromatic rings. The number of anilines is 1. The molecule has 0 bridgehead atoms. The minimum atomic E-state index is -0.391. The van der Waals surface area contributed by atoms with Crippen molar-refractivity contribution in [1.82, 2.24) is 4.90 Å². The molecule has 0 spiro atoms. The molecule has 0 atom stereocenters. The summed E-state index contributed by atoms with van der Waals surface area (Å²) in [4.78, 5) is 14.9. The predicted molar refractivity (Wildman–Crippen MR) is 78.5 cm³/mol. The Balaban J connectivity index is 2.17. The molecule has 0 aromatic heterocycles.